The number of nitro benzene ring substituents is 1. The highest BCUT2D eigenvalue weighted by atomic mass is 79.9. The molecule has 1 fully saturated rings. The number of rotatable bonds is 3. The van der Waals surface area contributed by atoms with E-state index in [9.17, 15) is 14.3 Å². The Balaban J connectivity index is 2.24. The summed E-state index contributed by atoms with van der Waals surface area (Å²) in [5, 5.41) is 11.3. The topological polar surface area (TPSA) is 63.5 Å². The standard InChI is InChI=1S/C11H13BrN2O3S/c12-8-9-7-10(1-2-11(9)14(15)16)13-3-5-18(17)6-4-13/h1-2,7H,3-6,8H2. The number of benzene rings is 1. The number of hydrogen-bond acceptors (Lipinski definition) is 4. The Labute approximate surface area is 116 Å². The number of hydrogen-bond donors (Lipinski definition) is 0. The van der Waals surface area contributed by atoms with Crippen LogP contribution >= 0.6 is 15.9 Å². The predicted molar refractivity (Wildman–Crippen MR) is 75.8 cm³/mol. The molecule has 98 valence electrons. The monoisotopic (exact) mass is 332 g/mol. The van der Waals surface area contributed by atoms with Gasteiger partial charge in [0.05, 0.1) is 4.92 Å². The minimum absolute atomic E-state index is 0.135. The van der Waals surface area contributed by atoms with Crippen LogP contribution < -0.4 is 4.90 Å². The Morgan fingerprint density at radius 1 is 1.39 bits per heavy atom. The largest absolute Gasteiger partial charge is 0.370 e. The molecule has 0 aliphatic carbocycles. The number of nitrogens with zero attached hydrogens (tertiary/aromatic N) is 2. The normalized spacial score (nSPS) is 16.8. The van der Waals surface area contributed by atoms with Gasteiger partial charge in [-0.2, -0.15) is 0 Å². The average Bonchev–Trinajstić information content (AvgIpc) is 2.38. The van der Waals surface area contributed by atoms with Gasteiger partial charge in [-0.25, -0.2) is 0 Å². The maximum atomic E-state index is 11.3. The zero-order valence-corrected chi connectivity index (χ0v) is 12.1. The van der Waals surface area contributed by atoms with E-state index in [-0.39, 0.29) is 10.6 Å². The third-order valence-corrected chi connectivity index (χ3v) is 4.83. The van der Waals surface area contributed by atoms with Crippen molar-refractivity contribution in [3.63, 3.8) is 0 Å². The van der Waals surface area contributed by atoms with Crippen LogP contribution in [0.4, 0.5) is 11.4 Å². The van der Waals surface area contributed by atoms with E-state index in [1.54, 1.807) is 6.07 Å². The molecule has 1 aromatic rings. The minimum atomic E-state index is -0.713. The second kappa shape index (κ2) is 5.79. The molecular formula is C11H13BrN2O3S. The maximum Gasteiger partial charge on any atom is 0.273 e. The van der Waals surface area contributed by atoms with Crippen LogP contribution in [0.3, 0.4) is 0 Å². The zero-order valence-electron chi connectivity index (χ0n) is 9.67. The number of nitro groups is 1. The van der Waals surface area contributed by atoms with Crippen LogP contribution in [0.2, 0.25) is 0 Å². The second-order valence-corrected chi connectivity index (χ2v) is 6.30. The van der Waals surface area contributed by atoms with E-state index in [0.29, 0.717) is 22.4 Å². The van der Waals surface area contributed by atoms with Gasteiger partial charge in [-0.15, -0.1) is 0 Å². The highest BCUT2D eigenvalue weighted by Gasteiger charge is 2.19. The van der Waals surface area contributed by atoms with Crippen molar-refractivity contribution in [1.29, 1.82) is 0 Å². The SMILES string of the molecule is O=[N+]([O-])c1ccc(N2CCS(=O)CC2)cc1CBr. The van der Waals surface area contributed by atoms with Gasteiger partial charge >= 0.3 is 0 Å². The lowest BCUT2D eigenvalue weighted by molar-refractivity contribution is -0.385. The molecule has 0 aromatic heterocycles. The third kappa shape index (κ3) is 2.89. The maximum absolute atomic E-state index is 11.3. The molecular weight excluding hydrogens is 320 g/mol. The Morgan fingerprint density at radius 3 is 2.61 bits per heavy atom. The summed E-state index contributed by atoms with van der Waals surface area (Å²) in [5.41, 5.74) is 1.77. The summed E-state index contributed by atoms with van der Waals surface area (Å²) >= 11 is 3.27. The van der Waals surface area contributed by atoms with Crippen molar-refractivity contribution in [3.8, 4) is 0 Å². The van der Waals surface area contributed by atoms with E-state index in [0.717, 1.165) is 18.8 Å². The van der Waals surface area contributed by atoms with Gasteiger partial charge in [0.15, 0.2) is 0 Å². The summed E-state index contributed by atoms with van der Waals surface area (Å²) in [6.07, 6.45) is 0. The van der Waals surface area contributed by atoms with Gasteiger partial charge in [0.2, 0.25) is 0 Å². The number of anilines is 1. The lowest BCUT2D eigenvalue weighted by Crippen LogP contribution is -2.37. The summed E-state index contributed by atoms with van der Waals surface area (Å²) in [5.74, 6) is 1.33. The van der Waals surface area contributed by atoms with E-state index in [2.05, 4.69) is 20.8 Å². The van der Waals surface area contributed by atoms with Crippen LogP contribution in [0.25, 0.3) is 0 Å². The molecule has 0 unspecified atom stereocenters. The fourth-order valence-electron chi connectivity index (χ4n) is 1.95. The molecule has 0 spiro atoms. The first-order valence-electron chi connectivity index (χ1n) is 5.55. The van der Waals surface area contributed by atoms with Gasteiger partial charge in [-0.3, -0.25) is 14.3 Å². The molecule has 2 rings (SSSR count). The molecule has 0 atom stereocenters. The molecule has 1 heterocycles. The zero-order chi connectivity index (χ0) is 13.1. The molecule has 1 aliphatic rings. The molecule has 0 bridgehead atoms. The van der Waals surface area contributed by atoms with Crippen molar-refractivity contribution < 1.29 is 9.13 Å². The first kappa shape index (κ1) is 13.5. The Kier molecular flexibility index (Phi) is 4.34. The highest BCUT2D eigenvalue weighted by molar-refractivity contribution is 9.08. The molecule has 0 saturated carbocycles. The van der Waals surface area contributed by atoms with Crippen LogP contribution in [0, 0.1) is 10.1 Å². The summed E-state index contributed by atoms with van der Waals surface area (Å²) < 4.78 is 11.3. The minimum Gasteiger partial charge on any atom is -0.370 e. The fourth-order valence-corrected chi connectivity index (χ4v) is 3.45. The lowest BCUT2D eigenvalue weighted by atomic mass is 10.1. The smallest absolute Gasteiger partial charge is 0.273 e. The van der Waals surface area contributed by atoms with Crippen LogP contribution in [0.15, 0.2) is 18.2 Å². The van der Waals surface area contributed by atoms with Crippen molar-refractivity contribution in [2.75, 3.05) is 29.5 Å². The van der Waals surface area contributed by atoms with E-state index in [1.165, 1.54) is 6.07 Å². The van der Waals surface area contributed by atoms with Gasteiger partial charge in [0.1, 0.15) is 0 Å². The van der Waals surface area contributed by atoms with Gasteiger partial charge in [-0.1, -0.05) is 15.9 Å². The first-order chi connectivity index (χ1) is 8.61. The molecule has 18 heavy (non-hydrogen) atoms. The van der Waals surface area contributed by atoms with Gasteiger partial charge in [0.25, 0.3) is 5.69 Å². The summed E-state index contributed by atoms with van der Waals surface area (Å²) in [6, 6.07) is 5.14. The summed E-state index contributed by atoms with van der Waals surface area (Å²) in [6.45, 7) is 1.48. The molecule has 5 nitrogen and oxygen atoms in total. The van der Waals surface area contributed by atoms with E-state index in [1.807, 2.05) is 6.07 Å². The molecule has 0 amide bonds. The molecule has 1 saturated heterocycles. The van der Waals surface area contributed by atoms with Gasteiger partial charge in [-0.05, 0) is 12.1 Å². The predicted octanol–water partition coefficient (Wildman–Crippen LogP) is 2.06. The second-order valence-electron chi connectivity index (χ2n) is 4.04. The van der Waals surface area contributed by atoms with Crippen LogP contribution in [-0.2, 0) is 16.1 Å². The van der Waals surface area contributed by atoms with Crippen molar-refractivity contribution in [3.05, 3.63) is 33.9 Å². The molecule has 1 aliphatic heterocycles. The average molecular weight is 333 g/mol. The van der Waals surface area contributed by atoms with Gasteiger partial charge in [0, 0.05) is 58.0 Å². The number of halogens is 1. The van der Waals surface area contributed by atoms with E-state index < -0.39 is 10.8 Å². The fraction of sp³-hybridized carbons (Fsp3) is 0.455. The van der Waals surface area contributed by atoms with Crippen molar-refractivity contribution in [1.82, 2.24) is 0 Å². The number of alkyl halides is 1. The quantitative estimate of drug-likeness (QED) is 0.483. The van der Waals surface area contributed by atoms with Crippen LogP contribution in [0.5, 0.6) is 0 Å². The molecule has 0 N–H and O–H groups in total. The molecule has 1 aromatic carbocycles. The van der Waals surface area contributed by atoms with Crippen molar-refractivity contribution in [2.45, 2.75) is 5.33 Å². The Bertz CT molecular complexity index is 485. The summed E-state index contributed by atoms with van der Waals surface area (Å²) in [7, 11) is -0.713. The van der Waals surface area contributed by atoms with E-state index >= 15 is 0 Å². The van der Waals surface area contributed by atoms with E-state index in [4.69, 9.17) is 0 Å². The molecule has 7 heteroatoms. The van der Waals surface area contributed by atoms with Crippen LogP contribution in [-0.4, -0.2) is 33.7 Å². The first-order valence-corrected chi connectivity index (χ1v) is 8.16. The Morgan fingerprint density at radius 2 is 2.06 bits per heavy atom. The third-order valence-electron chi connectivity index (χ3n) is 2.95. The van der Waals surface area contributed by atoms with Gasteiger partial charge < -0.3 is 4.90 Å². The highest BCUT2D eigenvalue weighted by Crippen LogP contribution is 2.27. The van der Waals surface area contributed by atoms with Crippen LogP contribution in [0.1, 0.15) is 5.56 Å². The van der Waals surface area contributed by atoms with Crippen molar-refractivity contribution >= 4 is 38.1 Å². The Hall–Kier alpha value is -0.950. The van der Waals surface area contributed by atoms with Crippen molar-refractivity contribution in [2.24, 2.45) is 0 Å². The molecule has 0 radical (unpaired) electrons. The summed E-state index contributed by atoms with van der Waals surface area (Å²) in [4.78, 5) is 12.6. The lowest BCUT2D eigenvalue weighted by Gasteiger charge is -2.28.